The van der Waals surface area contributed by atoms with Crippen LogP contribution in [0.25, 0.3) is 0 Å². The van der Waals surface area contributed by atoms with E-state index in [1.54, 1.807) is 42.3 Å². The fourth-order valence-electron chi connectivity index (χ4n) is 4.24. The second-order valence-electron chi connectivity index (χ2n) is 8.75. The summed E-state index contributed by atoms with van der Waals surface area (Å²) >= 11 is 0. The average Bonchev–Trinajstić information content (AvgIpc) is 3.63. The number of anilines is 3. The Bertz CT molecular complexity index is 1330. The van der Waals surface area contributed by atoms with E-state index in [0.29, 0.717) is 23.7 Å². The van der Waals surface area contributed by atoms with Gasteiger partial charge >= 0.3 is 6.03 Å². The largest absolute Gasteiger partial charge is 0.457 e. The summed E-state index contributed by atoms with van der Waals surface area (Å²) in [6, 6.07) is 25.7. The molecular weight excluding hydrogens is 482 g/mol. The molecule has 0 saturated carbocycles. The van der Waals surface area contributed by atoms with Gasteiger partial charge in [-0.05, 0) is 67.1 Å². The van der Waals surface area contributed by atoms with E-state index in [1.165, 1.54) is 6.20 Å². The van der Waals surface area contributed by atoms with Gasteiger partial charge in [-0.15, -0.1) is 0 Å². The molecule has 9 nitrogen and oxygen atoms in total. The maximum atomic E-state index is 12.5. The van der Waals surface area contributed by atoms with E-state index in [1.807, 2.05) is 54.6 Å². The number of benzene rings is 3. The van der Waals surface area contributed by atoms with Crippen LogP contribution in [0.3, 0.4) is 0 Å². The first-order valence-electron chi connectivity index (χ1n) is 12.0. The summed E-state index contributed by atoms with van der Waals surface area (Å²) in [5.74, 6) is 1.51. The number of hydrogen-bond acceptors (Lipinski definition) is 6. The molecule has 1 unspecified atom stereocenters. The molecule has 0 spiro atoms. The van der Waals surface area contributed by atoms with Gasteiger partial charge in [0.1, 0.15) is 11.5 Å². The molecule has 1 aliphatic heterocycles. The lowest BCUT2D eigenvalue weighted by Crippen LogP contribution is -2.38. The molecule has 9 heteroatoms. The van der Waals surface area contributed by atoms with E-state index in [0.717, 1.165) is 24.4 Å². The topological polar surface area (TPSA) is 99.9 Å². The smallest absolute Gasteiger partial charge is 0.323 e. The van der Waals surface area contributed by atoms with Gasteiger partial charge in [0.25, 0.3) is 5.91 Å². The minimum Gasteiger partial charge on any atom is -0.457 e. The molecule has 1 fully saturated rings. The Hall–Kier alpha value is -4.79. The van der Waals surface area contributed by atoms with Crippen molar-refractivity contribution in [3.63, 3.8) is 0 Å². The molecule has 1 saturated heterocycles. The van der Waals surface area contributed by atoms with Crippen LogP contribution in [-0.4, -0.2) is 48.2 Å². The van der Waals surface area contributed by atoms with Gasteiger partial charge in [0, 0.05) is 43.3 Å². The molecule has 3 aromatic carbocycles. The quantitative estimate of drug-likeness (QED) is 0.310. The second-order valence-corrected chi connectivity index (χ2v) is 8.75. The summed E-state index contributed by atoms with van der Waals surface area (Å²) in [5, 5.41) is 9.29. The number of amides is 3. The molecular formula is C29H31N5O4. The summed E-state index contributed by atoms with van der Waals surface area (Å²) in [5.41, 5.74) is 2.36. The number of likely N-dealkylation sites (N-methyl/N-ethyl adjacent to an activating group) is 1. The molecule has 0 radical (unpaired) electrons. The molecule has 196 valence electrons. The van der Waals surface area contributed by atoms with E-state index in [-0.39, 0.29) is 31.2 Å². The highest BCUT2D eigenvalue weighted by atomic mass is 16.5. The van der Waals surface area contributed by atoms with E-state index in [4.69, 9.17) is 9.26 Å². The molecule has 0 aliphatic carbocycles. The molecule has 1 atom stereocenters. The Morgan fingerprint density at radius 2 is 1.55 bits per heavy atom. The Morgan fingerprint density at radius 1 is 0.921 bits per heavy atom. The lowest BCUT2D eigenvalue weighted by atomic mass is 10.2. The fourth-order valence-corrected chi connectivity index (χ4v) is 4.24. The minimum atomic E-state index is -0.335. The standard InChI is InChI=1S/C28H27N5O4.CH4/c1-32(27(34)26-15-17-29-37-26)23-16-18-33(19-23)22-11-7-20(8-12-22)30-28(35)31-21-9-13-25(14-10-21)36-24-5-3-2-4-6-24;/h2-15,17,23H,16,18-19H2,1H3,(H2,30,31,35);1H4. The van der Waals surface area contributed by atoms with Crippen molar-refractivity contribution in [2.45, 2.75) is 19.9 Å². The molecule has 1 aromatic heterocycles. The number of carbonyl (C=O) groups is 2. The minimum absolute atomic E-state index is 0. The Morgan fingerprint density at radius 3 is 2.18 bits per heavy atom. The van der Waals surface area contributed by atoms with Crippen molar-refractivity contribution in [1.82, 2.24) is 10.1 Å². The van der Waals surface area contributed by atoms with E-state index in [9.17, 15) is 9.59 Å². The maximum Gasteiger partial charge on any atom is 0.323 e. The van der Waals surface area contributed by atoms with Crippen LogP contribution >= 0.6 is 0 Å². The van der Waals surface area contributed by atoms with Gasteiger partial charge in [-0.2, -0.15) is 0 Å². The number of carbonyl (C=O) groups excluding carboxylic acids is 2. The number of hydrogen-bond donors (Lipinski definition) is 2. The van der Waals surface area contributed by atoms with Gasteiger partial charge in [0.15, 0.2) is 0 Å². The molecule has 3 amide bonds. The molecule has 2 N–H and O–H groups in total. The first-order chi connectivity index (χ1) is 18.0. The highest BCUT2D eigenvalue weighted by Gasteiger charge is 2.30. The van der Waals surface area contributed by atoms with Crippen molar-refractivity contribution >= 4 is 29.0 Å². The normalized spacial score (nSPS) is 14.3. The van der Waals surface area contributed by atoms with Crippen molar-refractivity contribution in [3.8, 4) is 11.5 Å². The van der Waals surface area contributed by atoms with Crippen LogP contribution in [0.1, 0.15) is 24.4 Å². The molecule has 5 rings (SSSR count). The highest BCUT2D eigenvalue weighted by Crippen LogP contribution is 2.26. The fraction of sp³-hybridized carbons (Fsp3) is 0.207. The number of nitrogens with zero attached hydrogens (tertiary/aromatic N) is 3. The predicted molar refractivity (Wildman–Crippen MR) is 148 cm³/mol. The van der Waals surface area contributed by atoms with E-state index in [2.05, 4.69) is 20.7 Å². The molecule has 2 heterocycles. The summed E-state index contributed by atoms with van der Waals surface area (Å²) in [6.07, 6.45) is 2.32. The van der Waals surface area contributed by atoms with Crippen molar-refractivity contribution in [2.24, 2.45) is 0 Å². The summed E-state index contributed by atoms with van der Waals surface area (Å²) in [6.45, 7) is 1.55. The monoisotopic (exact) mass is 513 g/mol. The van der Waals surface area contributed by atoms with Gasteiger partial charge in [-0.25, -0.2) is 4.79 Å². The molecule has 0 bridgehead atoms. The second kappa shape index (κ2) is 12.0. The van der Waals surface area contributed by atoms with Gasteiger partial charge in [0.05, 0.1) is 12.2 Å². The first kappa shape index (κ1) is 26.3. The van der Waals surface area contributed by atoms with Crippen LogP contribution in [0.4, 0.5) is 21.9 Å². The Labute approximate surface area is 222 Å². The van der Waals surface area contributed by atoms with Crippen LogP contribution < -0.4 is 20.3 Å². The van der Waals surface area contributed by atoms with Gasteiger partial charge in [-0.3, -0.25) is 4.79 Å². The third-order valence-electron chi connectivity index (χ3n) is 6.26. The summed E-state index contributed by atoms with van der Waals surface area (Å²) in [7, 11) is 1.79. The lowest BCUT2D eigenvalue weighted by molar-refractivity contribution is 0.0703. The summed E-state index contributed by atoms with van der Waals surface area (Å²) in [4.78, 5) is 28.9. The van der Waals surface area contributed by atoms with E-state index < -0.39 is 0 Å². The number of urea groups is 1. The Balaban J connectivity index is 0.00000336. The van der Waals surface area contributed by atoms with Crippen LogP contribution in [-0.2, 0) is 0 Å². The Kier molecular flexibility index (Phi) is 8.27. The number of nitrogens with one attached hydrogen (secondary N) is 2. The van der Waals surface area contributed by atoms with Crippen LogP contribution in [0.5, 0.6) is 11.5 Å². The zero-order chi connectivity index (χ0) is 25.6. The maximum absolute atomic E-state index is 12.5. The number of ether oxygens (including phenoxy) is 1. The summed E-state index contributed by atoms with van der Waals surface area (Å²) < 4.78 is 10.8. The van der Waals surface area contributed by atoms with Crippen molar-refractivity contribution in [1.29, 1.82) is 0 Å². The zero-order valence-corrected chi connectivity index (χ0v) is 20.3. The van der Waals surface area contributed by atoms with Crippen molar-refractivity contribution in [2.75, 3.05) is 35.7 Å². The predicted octanol–water partition coefficient (Wildman–Crippen LogP) is 6.10. The SMILES string of the molecule is C.CN(C(=O)c1ccno1)C1CCN(c2ccc(NC(=O)Nc3ccc(Oc4ccccc4)cc3)cc2)C1. The van der Waals surface area contributed by atoms with Crippen molar-refractivity contribution in [3.05, 3.63) is 96.9 Å². The average molecular weight is 514 g/mol. The number of aromatic nitrogens is 1. The first-order valence-corrected chi connectivity index (χ1v) is 12.0. The van der Waals surface area contributed by atoms with Gasteiger partial charge in [-0.1, -0.05) is 30.8 Å². The third kappa shape index (κ3) is 6.31. The zero-order valence-electron chi connectivity index (χ0n) is 20.3. The van der Waals surface area contributed by atoms with Crippen LogP contribution in [0, 0.1) is 0 Å². The van der Waals surface area contributed by atoms with Crippen LogP contribution in [0.15, 0.2) is 95.6 Å². The van der Waals surface area contributed by atoms with Gasteiger partial charge < -0.3 is 29.7 Å². The lowest BCUT2D eigenvalue weighted by Gasteiger charge is -2.24. The number of para-hydroxylation sites is 1. The molecule has 4 aromatic rings. The van der Waals surface area contributed by atoms with E-state index >= 15 is 0 Å². The highest BCUT2D eigenvalue weighted by molar-refractivity contribution is 5.99. The number of rotatable bonds is 7. The van der Waals surface area contributed by atoms with Crippen molar-refractivity contribution < 1.29 is 18.8 Å². The molecule has 1 aliphatic rings. The van der Waals surface area contributed by atoms with Crippen LogP contribution in [0.2, 0.25) is 0 Å². The third-order valence-corrected chi connectivity index (χ3v) is 6.26. The molecule has 38 heavy (non-hydrogen) atoms. The van der Waals surface area contributed by atoms with Gasteiger partial charge in [0.2, 0.25) is 5.76 Å².